The Morgan fingerprint density at radius 1 is 1.56 bits per heavy atom. The Morgan fingerprint density at radius 3 is 2.44 bits per heavy atom. The molecule has 1 nitrogen and oxygen atoms in total. The minimum atomic E-state index is -2.93. The van der Waals surface area contributed by atoms with Gasteiger partial charge in [0.25, 0.3) is 0 Å². The SMILES string of the molecule is C[I-]CCOC(C)(F)F. The van der Waals surface area contributed by atoms with Gasteiger partial charge in [0, 0.05) is 0 Å². The van der Waals surface area contributed by atoms with Crippen LogP contribution in [-0.4, -0.2) is 22.1 Å². The molecular weight excluding hydrogens is 241 g/mol. The number of ether oxygens (including phenoxy) is 1. The summed E-state index contributed by atoms with van der Waals surface area (Å²) in [6.45, 7) is 0.967. The molecule has 0 saturated carbocycles. The Hall–Kier alpha value is 0.550. The van der Waals surface area contributed by atoms with Crippen LogP contribution in [0.25, 0.3) is 0 Å². The molecule has 0 aliphatic carbocycles. The molecule has 0 spiro atoms. The van der Waals surface area contributed by atoms with Gasteiger partial charge >= 0.3 is 63.7 Å². The summed E-state index contributed by atoms with van der Waals surface area (Å²) in [4.78, 5) is 2.04. The number of halogens is 3. The molecule has 0 unspecified atom stereocenters. The molecule has 58 valence electrons. The van der Waals surface area contributed by atoms with Crippen LogP contribution in [0, 0.1) is 0 Å². The average Bonchev–Trinajstić information content (AvgIpc) is 1.63. The molecule has 0 saturated heterocycles. The van der Waals surface area contributed by atoms with E-state index < -0.39 is 6.11 Å². The summed E-state index contributed by atoms with van der Waals surface area (Å²) in [7, 11) is 0. The van der Waals surface area contributed by atoms with Gasteiger partial charge in [-0.1, -0.05) is 0 Å². The van der Waals surface area contributed by atoms with Crippen molar-refractivity contribution in [1.82, 2.24) is 0 Å². The summed E-state index contributed by atoms with van der Waals surface area (Å²) in [6.07, 6.45) is -2.93. The topological polar surface area (TPSA) is 9.23 Å². The van der Waals surface area contributed by atoms with Crippen molar-refractivity contribution in [2.45, 2.75) is 13.0 Å². The average molecular weight is 251 g/mol. The molecule has 4 heteroatoms. The van der Waals surface area contributed by atoms with E-state index in [0.29, 0.717) is 0 Å². The fourth-order valence-electron chi connectivity index (χ4n) is 0.295. The Morgan fingerprint density at radius 2 is 2.11 bits per heavy atom. The monoisotopic (exact) mass is 251 g/mol. The van der Waals surface area contributed by atoms with E-state index in [1.807, 2.05) is 4.93 Å². The second kappa shape index (κ2) is 4.38. The number of hydrogen-bond donors (Lipinski definition) is 0. The molecule has 0 radical (unpaired) electrons. The van der Waals surface area contributed by atoms with Crippen molar-refractivity contribution >= 4 is 0 Å². The second-order valence-electron chi connectivity index (χ2n) is 1.61. The summed E-state index contributed by atoms with van der Waals surface area (Å²) in [5, 5.41) is 0. The molecule has 0 aromatic carbocycles. The molecule has 0 aromatic rings. The van der Waals surface area contributed by atoms with Crippen molar-refractivity contribution in [3.63, 3.8) is 0 Å². The van der Waals surface area contributed by atoms with E-state index in [4.69, 9.17) is 0 Å². The first kappa shape index (κ1) is 9.55. The molecule has 0 heterocycles. The first-order valence-electron chi connectivity index (χ1n) is 2.52. The van der Waals surface area contributed by atoms with Gasteiger partial charge in [0.15, 0.2) is 0 Å². The Labute approximate surface area is 64.0 Å². The fourth-order valence-corrected chi connectivity index (χ4v) is 0.956. The van der Waals surface area contributed by atoms with Crippen LogP contribution >= 0.6 is 0 Å². The third kappa shape index (κ3) is 8.55. The van der Waals surface area contributed by atoms with Gasteiger partial charge in [-0.15, -0.1) is 0 Å². The molecule has 0 aliphatic heterocycles. The third-order valence-corrected chi connectivity index (χ3v) is 2.14. The zero-order valence-corrected chi connectivity index (χ0v) is 7.61. The molecule has 0 rings (SSSR count). The van der Waals surface area contributed by atoms with Gasteiger partial charge in [-0.05, 0) is 0 Å². The van der Waals surface area contributed by atoms with E-state index in [9.17, 15) is 8.78 Å². The van der Waals surface area contributed by atoms with Gasteiger partial charge in [-0.3, -0.25) is 0 Å². The standard InChI is InChI=1S/C5H10F2IO/c1-5(6,7)9-4-3-8-2/h3-4H2,1-2H3/q-1. The maximum absolute atomic E-state index is 11.8. The quantitative estimate of drug-likeness (QED) is 0.330. The maximum atomic E-state index is 11.8. The predicted molar refractivity (Wildman–Crippen MR) is 27.4 cm³/mol. The van der Waals surface area contributed by atoms with Crippen LogP contribution in [0.1, 0.15) is 6.92 Å². The summed E-state index contributed by atoms with van der Waals surface area (Å²) in [5.74, 6) is 0. The van der Waals surface area contributed by atoms with Crippen LogP contribution < -0.4 is 21.2 Å². The fraction of sp³-hybridized carbons (Fsp3) is 1.00. The van der Waals surface area contributed by atoms with E-state index >= 15 is 0 Å². The van der Waals surface area contributed by atoms with Gasteiger partial charge in [0.05, 0.1) is 0 Å². The molecule has 0 aromatic heterocycles. The van der Waals surface area contributed by atoms with Crippen molar-refractivity contribution in [2.75, 3.05) is 16.0 Å². The van der Waals surface area contributed by atoms with Gasteiger partial charge in [0.2, 0.25) is 0 Å². The number of rotatable bonds is 4. The van der Waals surface area contributed by atoms with Crippen molar-refractivity contribution in [3.8, 4) is 0 Å². The number of alkyl halides is 4. The normalized spacial score (nSPS) is 12.4. The molecule has 0 fully saturated rings. The van der Waals surface area contributed by atoms with Crippen molar-refractivity contribution in [3.05, 3.63) is 0 Å². The van der Waals surface area contributed by atoms with Crippen molar-refractivity contribution < 1.29 is 34.7 Å². The van der Waals surface area contributed by atoms with E-state index in [-0.39, 0.29) is 27.8 Å². The van der Waals surface area contributed by atoms with Gasteiger partial charge < -0.3 is 0 Å². The summed E-state index contributed by atoms with van der Waals surface area (Å²) in [6, 6.07) is 0. The zero-order valence-electron chi connectivity index (χ0n) is 5.46. The first-order chi connectivity index (χ1) is 4.06. The molecule has 0 amide bonds. The molecule has 0 aliphatic rings. The Kier molecular flexibility index (Phi) is 4.65. The van der Waals surface area contributed by atoms with Gasteiger partial charge in [-0.25, -0.2) is 0 Å². The van der Waals surface area contributed by atoms with Crippen LogP contribution in [0.15, 0.2) is 0 Å². The summed E-state index contributed by atoms with van der Waals surface area (Å²) in [5.41, 5.74) is 0. The number of hydrogen-bond acceptors (Lipinski definition) is 1. The Balaban J connectivity index is 3.07. The second-order valence-corrected chi connectivity index (χ2v) is 4.22. The molecule has 0 bridgehead atoms. The molecule has 0 atom stereocenters. The van der Waals surface area contributed by atoms with Gasteiger partial charge in [-0.2, -0.15) is 0 Å². The van der Waals surface area contributed by atoms with Gasteiger partial charge in [0.1, 0.15) is 0 Å². The minimum absolute atomic E-state index is 0.0943. The van der Waals surface area contributed by atoms with E-state index in [1.54, 1.807) is 0 Å². The van der Waals surface area contributed by atoms with E-state index in [2.05, 4.69) is 4.74 Å². The van der Waals surface area contributed by atoms with Crippen molar-refractivity contribution in [2.24, 2.45) is 0 Å². The van der Waals surface area contributed by atoms with E-state index in [0.717, 1.165) is 11.4 Å². The third-order valence-electron chi connectivity index (χ3n) is 0.622. The summed E-state index contributed by atoms with van der Waals surface area (Å²) >= 11 is 0.0943. The Bertz CT molecular complexity index is 71.8. The molecule has 0 N–H and O–H groups in total. The van der Waals surface area contributed by atoms with Crippen molar-refractivity contribution in [1.29, 1.82) is 0 Å². The van der Waals surface area contributed by atoms with E-state index in [1.165, 1.54) is 0 Å². The molecular formula is C5H10F2IO-. The van der Waals surface area contributed by atoms with Crippen LogP contribution in [-0.2, 0) is 4.74 Å². The van der Waals surface area contributed by atoms with Crippen LogP contribution in [0.4, 0.5) is 8.78 Å². The van der Waals surface area contributed by atoms with Crippen LogP contribution in [0.5, 0.6) is 0 Å². The van der Waals surface area contributed by atoms with Crippen LogP contribution in [0.2, 0.25) is 0 Å². The predicted octanol–water partition coefficient (Wildman–Crippen LogP) is -1.67. The molecule has 9 heavy (non-hydrogen) atoms. The zero-order chi connectivity index (χ0) is 7.33. The summed E-state index contributed by atoms with van der Waals surface area (Å²) < 4.78 is 28.6. The van der Waals surface area contributed by atoms with Crippen LogP contribution in [0.3, 0.4) is 0 Å². The first-order valence-corrected chi connectivity index (χ1v) is 6.20.